The molecule has 2 aromatic rings. The molecule has 0 unspecified atom stereocenters. The molecule has 0 atom stereocenters. The van der Waals surface area contributed by atoms with Gasteiger partial charge in [-0.25, -0.2) is 4.79 Å². The Morgan fingerprint density at radius 3 is 2.86 bits per heavy atom. The van der Waals surface area contributed by atoms with Crippen molar-refractivity contribution in [3.8, 4) is 22.9 Å². The van der Waals surface area contributed by atoms with Crippen LogP contribution >= 0.6 is 11.5 Å². The van der Waals surface area contributed by atoms with Crippen molar-refractivity contribution < 1.29 is 18.8 Å². The normalized spacial score (nSPS) is 9.95. The van der Waals surface area contributed by atoms with Crippen LogP contribution < -0.4 is 5.32 Å². The molecule has 108 valence electrons. The van der Waals surface area contributed by atoms with Crippen molar-refractivity contribution in [3.05, 3.63) is 17.0 Å². The van der Waals surface area contributed by atoms with Gasteiger partial charge in [0.05, 0.1) is 5.69 Å². The number of hydrogen-bond donors (Lipinski definition) is 1. The number of terminal acetylenes is 1. The van der Waals surface area contributed by atoms with E-state index in [1.165, 1.54) is 0 Å². The van der Waals surface area contributed by atoms with Gasteiger partial charge in [0, 0.05) is 0 Å². The molecule has 0 saturated carbocycles. The zero-order valence-electron chi connectivity index (χ0n) is 11.2. The predicted molar refractivity (Wildman–Crippen MR) is 72.5 cm³/mol. The SMILES string of the molecule is C#CCOC(=O)NC(=O)c1c(-c2snnc2C)noc1C. The summed E-state index contributed by atoms with van der Waals surface area (Å²) in [4.78, 5) is 24.1. The van der Waals surface area contributed by atoms with Gasteiger partial charge in [-0.1, -0.05) is 15.6 Å². The molecule has 2 heterocycles. The lowest BCUT2D eigenvalue weighted by atomic mass is 10.1. The first kappa shape index (κ1) is 14.7. The summed E-state index contributed by atoms with van der Waals surface area (Å²) in [7, 11) is 0. The van der Waals surface area contributed by atoms with E-state index in [0.717, 1.165) is 11.5 Å². The molecular weight excluding hydrogens is 296 g/mol. The van der Waals surface area contributed by atoms with Gasteiger partial charge in [-0.3, -0.25) is 10.1 Å². The van der Waals surface area contributed by atoms with Gasteiger partial charge in [-0.2, -0.15) is 0 Å². The summed E-state index contributed by atoms with van der Waals surface area (Å²) in [6, 6.07) is 0. The number of nitrogens with zero attached hydrogens (tertiary/aromatic N) is 3. The third kappa shape index (κ3) is 3.06. The lowest BCUT2D eigenvalue weighted by molar-refractivity contribution is 0.0929. The van der Waals surface area contributed by atoms with Gasteiger partial charge in [0.25, 0.3) is 5.91 Å². The second-order valence-corrected chi connectivity index (χ2v) is 4.64. The number of carbonyl (C=O) groups is 2. The van der Waals surface area contributed by atoms with Crippen LogP contribution in [0, 0.1) is 26.2 Å². The van der Waals surface area contributed by atoms with Crippen molar-refractivity contribution in [2.75, 3.05) is 6.61 Å². The summed E-state index contributed by atoms with van der Waals surface area (Å²) in [6.45, 7) is 3.06. The van der Waals surface area contributed by atoms with Gasteiger partial charge in [-0.15, -0.1) is 11.5 Å². The van der Waals surface area contributed by atoms with Crippen molar-refractivity contribution in [2.24, 2.45) is 0 Å². The highest BCUT2D eigenvalue weighted by atomic mass is 32.1. The number of imide groups is 1. The van der Waals surface area contributed by atoms with E-state index in [4.69, 9.17) is 10.9 Å². The van der Waals surface area contributed by atoms with Crippen molar-refractivity contribution in [2.45, 2.75) is 13.8 Å². The molecule has 0 saturated heterocycles. The van der Waals surface area contributed by atoms with Crippen LogP contribution in [0.1, 0.15) is 21.8 Å². The molecule has 2 aromatic heterocycles. The number of nitrogens with one attached hydrogen (secondary N) is 1. The summed E-state index contributed by atoms with van der Waals surface area (Å²) >= 11 is 1.07. The number of aryl methyl sites for hydroxylation is 2. The molecule has 0 aliphatic carbocycles. The van der Waals surface area contributed by atoms with Crippen LogP contribution in [0.4, 0.5) is 4.79 Å². The summed E-state index contributed by atoms with van der Waals surface area (Å²) in [6.07, 6.45) is 4.01. The van der Waals surface area contributed by atoms with E-state index in [9.17, 15) is 9.59 Å². The van der Waals surface area contributed by atoms with Gasteiger partial charge >= 0.3 is 6.09 Å². The summed E-state index contributed by atoms with van der Waals surface area (Å²) in [5.74, 6) is 1.69. The molecule has 2 rings (SSSR count). The molecule has 9 heteroatoms. The molecule has 0 aliphatic rings. The van der Waals surface area contributed by atoms with Crippen LogP contribution in [0.5, 0.6) is 0 Å². The van der Waals surface area contributed by atoms with Gasteiger partial charge in [-0.05, 0) is 25.4 Å². The first-order valence-corrected chi connectivity index (χ1v) is 6.49. The minimum absolute atomic E-state index is 0.127. The zero-order valence-corrected chi connectivity index (χ0v) is 12.0. The predicted octanol–water partition coefficient (Wildman–Crippen LogP) is 1.31. The van der Waals surface area contributed by atoms with E-state index in [2.05, 4.69) is 25.4 Å². The van der Waals surface area contributed by atoms with Crippen LogP contribution in [0.15, 0.2) is 4.52 Å². The highest BCUT2D eigenvalue weighted by Crippen LogP contribution is 2.29. The molecule has 0 aromatic carbocycles. The molecule has 2 amide bonds. The smallest absolute Gasteiger partial charge is 0.415 e. The fraction of sp³-hybridized carbons (Fsp3) is 0.250. The number of ether oxygens (including phenoxy) is 1. The lowest BCUT2D eigenvalue weighted by Gasteiger charge is -2.03. The van der Waals surface area contributed by atoms with E-state index in [1.807, 2.05) is 5.32 Å². The minimum Gasteiger partial charge on any atom is -0.436 e. The summed E-state index contributed by atoms with van der Waals surface area (Å²) in [5, 5.41) is 9.71. The Hall–Kier alpha value is -2.73. The second kappa shape index (κ2) is 6.15. The van der Waals surface area contributed by atoms with Crippen LogP contribution in [-0.2, 0) is 4.74 Å². The monoisotopic (exact) mass is 306 g/mol. The van der Waals surface area contributed by atoms with E-state index in [-0.39, 0.29) is 23.6 Å². The third-order valence-corrected chi connectivity index (χ3v) is 3.29. The number of carbonyl (C=O) groups excluding carboxylic acids is 2. The van der Waals surface area contributed by atoms with Gasteiger partial charge in [0.15, 0.2) is 6.61 Å². The molecule has 21 heavy (non-hydrogen) atoms. The Morgan fingerprint density at radius 1 is 1.48 bits per heavy atom. The Kier molecular flexibility index (Phi) is 4.30. The van der Waals surface area contributed by atoms with Crippen LogP contribution in [0.3, 0.4) is 0 Å². The number of alkyl carbamates (subject to hydrolysis) is 1. The average molecular weight is 306 g/mol. The molecule has 0 bridgehead atoms. The van der Waals surface area contributed by atoms with E-state index in [0.29, 0.717) is 10.6 Å². The van der Waals surface area contributed by atoms with E-state index >= 15 is 0 Å². The van der Waals surface area contributed by atoms with Gasteiger partial charge in [0.1, 0.15) is 21.9 Å². The first-order valence-electron chi connectivity index (χ1n) is 5.71. The van der Waals surface area contributed by atoms with Crippen LogP contribution in [-0.4, -0.2) is 33.4 Å². The number of aromatic nitrogens is 3. The van der Waals surface area contributed by atoms with Crippen molar-refractivity contribution in [1.29, 1.82) is 0 Å². The third-order valence-electron chi connectivity index (χ3n) is 2.46. The molecule has 1 N–H and O–H groups in total. The van der Waals surface area contributed by atoms with Crippen LogP contribution in [0.25, 0.3) is 10.6 Å². The zero-order chi connectivity index (χ0) is 15.4. The minimum atomic E-state index is -0.941. The van der Waals surface area contributed by atoms with E-state index < -0.39 is 12.0 Å². The highest BCUT2D eigenvalue weighted by Gasteiger charge is 2.25. The number of amides is 2. The molecule has 0 fully saturated rings. The maximum Gasteiger partial charge on any atom is 0.415 e. The standard InChI is InChI=1S/C12H10N4O4S/c1-4-5-19-12(18)13-11(17)8-7(3)20-15-9(8)10-6(2)14-16-21-10/h1H,5H2,2-3H3,(H,13,17,18). The Labute approximate surface area is 123 Å². The molecular formula is C12H10N4O4S. The summed E-state index contributed by atoms with van der Waals surface area (Å²) < 4.78 is 13.4. The lowest BCUT2D eigenvalue weighted by Crippen LogP contribution is -2.31. The fourth-order valence-electron chi connectivity index (χ4n) is 1.54. The van der Waals surface area contributed by atoms with Crippen molar-refractivity contribution in [3.63, 3.8) is 0 Å². The largest absolute Gasteiger partial charge is 0.436 e. The summed E-state index contributed by atoms with van der Waals surface area (Å²) in [5.41, 5.74) is 1.02. The average Bonchev–Trinajstić information content (AvgIpc) is 3.02. The maximum absolute atomic E-state index is 12.1. The topological polar surface area (TPSA) is 107 Å². The molecule has 0 radical (unpaired) electrons. The maximum atomic E-state index is 12.1. The molecule has 0 aliphatic heterocycles. The van der Waals surface area contributed by atoms with Crippen molar-refractivity contribution in [1.82, 2.24) is 20.1 Å². The first-order chi connectivity index (χ1) is 10.0. The van der Waals surface area contributed by atoms with Gasteiger partial charge in [0.2, 0.25) is 0 Å². The number of rotatable bonds is 3. The second-order valence-electron chi connectivity index (χ2n) is 3.88. The Bertz CT molecular complexity index is 728. The fourth-order valence-corrected chi connectivity index (χ4v) is 2.19. The Morgan fingerprint density at radius 2 is 2.24 bits per heavy atom. The van der Waals surface area contributed by atoms with Crippen LogP contribution in [0.2, 0.25) is 0 Å². The highest BCUT2D eigenvalue weighted by molar-refractivity contribution is 7.09. The molecule has 0 spiro atoms. The Balaban J connectivity index is 2.26. The quantitative estimate of drug-likeness (QED) is 0.852. The van der Waals surface area contributed by atoms with Gasteiger partial charge < -0.3 is 9.26 Å². The molecule has 8 nitrogen and oxygen atoms in total. The number of hydrogen-bond acceptors (Lipinski definition) is 8. The van der Waals surface area contributed by atoms with E-state index in [1.54, 1.807) is 13.8 Å². The van der Waals surface area contributed by atoms with Crippen molar-refractivity contribution >= 4 is 23.5 Å².